The van der Waals surface area contributed by atoms with Gasteiger partial charge in [-0.15, -0.1) is 0 Å². The molecule has 0 aliphatic carbocycles. The molecule has 0 aliphatic heterocycles. The lowest BCUT2D eigenvalue weighted by molar-refractivity contribution is 0.156. The van der Waals surface area contributed by atoms with E-state index < -0.39 is 0 Å². The Kier molecular flexibility index (Phi) is 8.46. The normalized spacial score (nSPS) is 13.6. The van der Waals surface area contributed by atoms with Gasteiger partial charge in [0.15, 0.2) is 0 Å². The van der Waals surface area contributed by atoms with E-state index in [0.29, 0.717) is 6.04 Å². The fraction of sp³-hybridized carbons (Fsp3) is 1.00. The van der Waals surface area contributed by atoms with Crippen molar-refractivity contribution >= 4 is 0 Å². The minimum Gasteiger partial charge on any atom is -0.383 e. The van der Waals surface area contributed by atoms with Gasteiger partial charge in [0.1, 0.15) is 0 Å². The highest BCUT2D eigenvalue weighted by molar-refractivity contribution is 4.67. The maximum atomic E-state index is 5.17. The zero-order chi connectivity index (χ0) is 10.1. The summed E-state index contributed by atoms with van der Waals surface area (Å²) in [5.74, 6) is 0.745. The van der Waals surface area contributed by atoms with E-state index in [4.69, 9.17) is 4.74 Å². The summed E-state index contributed by atoms with van der Waals surface area (Å²) >= 11 is 0. The zero-order valence-corrected chi connectivity index (χ0v) is 9.60. The van der Waals surface area contributed by atoms with Gasteiger partial charge in [-0.25, -0.2) is 0 Å². The molecular weight excluding hydrogens is 162 g/mol. The molecule has 0 aromatic heterocycles. The molecule has 0 heterocycles. The van der Waals surface area contributed by atoms with Crippen LogP contribution < -0.4 is 5.32 Å². The predicted octanol–water partition coefficient (Wildman–Crippen LogP) is 2.44. The summed E-state index contributed by atoms with van der Waals surface area (Å²) in [5.41, 5.74) is 0. The molecule has 0 aromatic rings. The van der Waals surface area contributed by atoms with Crippen LogP contribution in [0.5, 0.6) is 0 Å². The summed E-state index contributed by atoms with van der Waals surface area (Å²) < 4.78 is 5.17. The largest absolute Gasteiger partial charge is 0.383 e. The molecular formula is C11H25NO. The van der Waals surface area contributed by atoms with E-state index in [1.54, 1.807) is 7.11 Å². The number of unbranched alkanes of at least 4 members (excludes halogenated alkanes) is 1. The first kappa shape index (κ1) is 12.9. The summed E-state index contributed by atoms with van der Waals surface area (Å²) in [6.07, 6.45) is 3.73. The Labute approximate surface area is 83.1 Å². The smallest absolute Gasteiger partial charge is 0.0615 e. The van der Waals surface area contributed by atoms with Gasteiger partial charge >= 0.3 is 0 Å². The van der Waals surface area contributed by atoms with Gasteiger partial charge in [0.2, 0.25) is 0 Å². The Hall–Kier alpha value is -0.0800. The molecule has 0 spiro atoms. The second-order valence-corrected chi connectivity index (χ2v) is 4.09. The first-order chi connectivity index (χ1) is 6.20. The molecule has 0 rings (SSSR count). The SMILES string of the molecule is CCCCNC(COC)CC(C)C. The van der Waals surface area contributed by atoms with Crippen LogP contribution in [0.15, 0.2) is 0 Å². The molecule has 0 radical (unpaired) electrons. The van der Waals surface area contributed by atoms with E-state index in [9.17, 15) is 0 Å². The third-order valence-electron chi connectivity index (χ3n) is 2.09. The van der Waals surface area contributed by atoms with Crippen molar-refractivity contribution in [2.75, 3.05) is 20.3 Å². The highest BCUT2D eigenvalue weighted by Gasteiger charge is 2.08. The van der Waals surface area contributed by atoms with E-state index in [2.05, 4.69) is 26.1 Å². The van der Waals surface area contributed by atoms with Gasteiger partial charge in [-0.05, 0) is 25.3 Å². The number of methoxy groups -OCH3 is 1. The summed E-state index contributed by atoms with van der Waals surface area (Å²) in [6.45, 7) is 8.68. The fourth-order valence-corrected chi connectivity index (χ4v) is 1.46. The molecule has 0 aromatic carbocycles. The van der Waals surface area contributed by atoms with Crippen LogP contribution in [-0.2, 0) is 4.74 Å². The van der Waals surface area contributed by atoms with Crippen LogP contribution >= 0.6 is 0 Å². The number of hydrogen-bond donors (Lipinski definition) is 1. The van der Waals surface area contributed by atoms with Crippen LogP contribution in [0.1, 0.15) is 40.0 Å². The van der Waals surface area contributed by atoms with E-state index >= 15 is 0 Å². The molecule has 13 heavy (non-hydrogen) atoms. The lowest BCUT2D eigenvalue weighted by atomic mass is 10.0. The number of nitrogens with one attached hydrogen (secondary N) is 1. The predicted molar refractivity (Wildman–Crippen MR) is 58.0 cm³/mol. The maximum absolute atomic E-state index is 5.17. The van der Waals surface area contributed by atoms with E-state index in [-0.39, 0.29) is 0 Å². The van der Waals surface area contributed by atoms with Crippen LogP contribution in [-0.4, -0.2) is 26.3 Å². The van der Waals surface area contributed by atoms with Gasteiger partial charge in [-0.3, -0.25) is 0 Å². The van der Waals surface area contributed by atoms with E-state index in [1.165, 1.54) is 19.3 Å². The summed E-state index contributed by atoms with van der Waals surface area (Å²) in [6, 6.07) is 0.538. The van der Waals surface area contributed by atoms with Crippen molar-refractivity contribution in [1.29, 1.82) is 0 Å². The van der Waals surface area contributed by atoms with Crippen LogP contribution in [0, 0.1) is 5.92 Å². The van der Waals surface area contributed by atoms with Crippen LogP contribution in [0.4, 0.5) is 0 Å². The molecule has 0 saturated carbocycles. The molecule has 0 bridgehead atoms. The Bertz CT molecular complexity index is 104. The average molecular weight is 187 g/mol. The Morgan fingerprint density at radius 1 is 1.31 bits per heavy atom. The molecule has 0 saturated heterocycles. The third kappa shape index (κ3) is 8.26. The first-order valence-electron chi connectivity index (χ1n) is 5.43. The minimum absolute atomic E-state index is 0.538. The lowest BCUT2D eigenvalue weighted by Gasteiger charge is -2.19. The highest BCUT2D eigenvalue weighted by atomic mass is 16.5. The molecule has 80 valence electrons. The molecule has 0 aliphatic rings. The highest BCUT2D eigenvalue weighted by Crippen LogP contribution is 2.05. The lowest BCUT2D eigenvalue weighted by Crippen LogP contribution is -2.35. The Morgan fingerprint density at radius 3 is 2.46 bits per heavy atom. The number of hydrogen-bond acceptors (Lipinski definition) is 2. The standard InChI is InChI=1S/C11H25NO/c1-5-6-7-12-11(9-13-4)8-10(2)3/h10-12H,5-9H2,1-4H3. The molecule has 0 fully saturated rings. The summed E-state index contributed by atoms with van der Waals surface area (Å²) in [7, 11) is 1.77. The maximum Gasteiger partial charge on any atom is 0.0615 e. The molecule has 2 nitrogen and oxygen atoms in total. The van der Waals surface area contributed by atoms with Crippen molar-refractivity contribution in [3.63, 3.8) is 0 Å². The third-order valence-corrected chi connectivity index (χ3v) is 2.09. The molecule has 1 N–H and O–H groups in total. The van der Waals surface area contributed by atoms with Gasteiger partial charge in [-0.1, -0.05) is 27.2 Å². The van der Waals surface area contributed by atoms with Gasteiger partial charge in [-0.2, -0.15) is 0 Å². The van der Waals surface area contributed by atoms with Crippen molar-refractivity contribution < 1.29 is 4.74 Å². The minimum atomic E-state index is 0.538. The van der Waals surface area contributed by atoms with Crippen LogP contribution in [0.25, 0.3) is 0 Å². The summed E-state index contributed by atoms with van der Waals surface area (Å²) in [5, 5.41) is 3.53. The van der Waals surface area contributed by atoms with Crippen LogP contribution in [0.3, 0.4) is 0 Å². The van der Waals surface area contributed by atoms with E-state index in [1.807, 2.05) is 0 Å². The van der Waals surface area contributed by atoms with E-state index in [0.717, 1.165) is 19.1 Å². The Morgan fingerprint density at radius 2 is 2.00 bits per heavy atom. The average Bonchev–Trinajstić information content (AvgIpc) is 2.04. The molecule has 0 amide bonds. The monoisotopic (exact) mass is 187 g/mol. The first-order valence-corrected chi connectivity index (χ1v) is 5.43. The van der Waals surface area contributed by atoms with Gasteiger partial charge < -0.3 is 10.1 Å². The van der Waals surface area contributed by atoms with Crippen LogP contribution in [0.2, 0.25) is 0 Å². The Balaban J connectivity index is 3.53. The molecule has 1 atom stereocenters. The quantitative estimate of drug-likeness (QED) is 0.589. The fourth-order valence-electron chi connectivity index (χ4n) is 1.46. The van der Waals surface area contributed by atoms with Gasteiger partial charge in [0.25, 0.3) is 0 Å². The zero-order valence-electron chi connectivity index (χ0n) is 9.60. The molecule has 2 heteroatoms. The van der Waals surface area contributed by atoms with Gasteiger partial charge in [0, 0.05) is 13.2 Å². The van der Waals surface area contributed by atoms with Crippen molar-refractivity contribution in [3.8, 4) is 0 Å². The molecule has 1 unspecified atom stereocenters. The van der Waals surface area contributed by atoms with Crippen molar-refractivity contribution in [3.05, 3.63) is 0 Å². The second-order valence-electron chi connectivity index (χ2n) is 4.09. The van der Waals surface area contributed by atoms with Gasteiger partial charge in [0.05, 0.1) is 6.61 Å². The van der Waals surface area contributed by atoms with Crippen molar-refractivity contribution in [2.45, 2.75) is 46.1 Å². The van der Waals surface area contributed by atoms with Crippen molar-refractivity contribution in [2.24, 2.45) is 5.92 Å². The van der Waals surface area contributed by atoms with Crippen molar-refractivity contribution in [1.82, 2.24) is 5.32 Å². The topological polar surface area (TPSA) is 21.3 Å². The number of ether oxygens (including phenoxy) is 1. The number of rotatable bonds is 8. The summed E-state index contributed by atoms with van der Waals surface area (Å²) in [4.78, 5) is 0. The second kappa shape index (κ2) is 8.52.